The average molecular weight is 295 g/mol. The van der Waals surface area contributed by atoms with Crippen molar-refractivity contribution in [3.05, 3.63) is 22.8 Å². The molecule has 6 heteroatoms. The van der Waals surface area contributed by atoms with Crippen molar-refractivity contribution in [3.63, 3.8) is 0 Å². The number of anilines is 1. The number of pyridine rings is 1. The van der Waals surface area contributed by atoms with Crippen molar-refractivity contribution in [2.45, 2.75) is 20.3 Å². The molecule has 0 saturated carbocycles. The first-order valence-corrected chi connectivity index (χ1v) is 6.87. The molecule has 5 nitrogen and oxygen atoms in total. The van der Waals surface area contributed by atoms with Crippen molar-refractivity contribution >= 4 is 23.3 Å². The predicted molar refractivity (Wildman–Crippen MR) is 79.8 cm³/mol. The van der Waals surface area contributed by atoms with E-state index in [0.29, 0.717) is 36.8 Å². The second-order valence-electron chi connectivity index (χ2n) is 4.87. The van der Waals surface area contributed by atoms with Crippen LogP contribution in [0.3, 0.4) is 0 Å². The molecule has 0 radical (unpaired) electrons. The molecular formula is C14H19ClN4O. The van der Waals surface area contributed by atoms with Gasteiger partial charge in [-0.2, -0.15) is 5.26 Å². The first-order chi connectivity index (χ1) is 9.47. The van der Waals surface area contributed by atoms with Crippen LogP contribution < -0.4 is 5.32 Å². The monoisotopic (exact) mass is 294 g/mol. The lowest BCUT2D eigenvalue weighted by Crippen LogP contribution is -2.35. The summed E-state index contributed by atoms with van der Waals surface area (Å²) in [7, 11) is 1.72. The van der Waals surface area contributed by atoms with Crippen LogP contribution in [0.15, 0.2) is 12.1 Å². The summed E-state index contributed by atoms with van der Waals surface area (Å²) >= 11 is 5.91. The van der Waals surface area contributed by atoms with Crippen LogP contribution in [0.2, 0.25) is 5.15 Å². The molecule has 1 heterocycles. The van der Waals surface area contributed by atoms with E-state index in [1.165, 1.54) is 0 Å². The molecule has 0 aliphatic heterocycles. The number of nitrogens with zero attached hydrogens (tertiary/aromatic N) is 3. The Balaban J connectivity index is 2.98. The van der Waals surface area contributed by atoms with Gasteiger partial charge in [0.05, 0.1) is 12.5 Å². The van der Waals surface area contributed by atoms with Crippen LogP contribution in [-0.4, -0.2) is 35.9 Å². The van der Waals surface area contributed by atoms with Gasteiger partial charge in [-0.25, -0.2) is 4.98 Å². The molecule has 1 aromatic heterocycles. The van der Waals surface area contributed by atoms with Crippen LogP contribution in [0.25, 0.3) is 0 Å². The van der Waals surface area contributed by atoms with Gasteiger partial charge in [0.1, 0.15) is 11.0 Å². The number of rotatable bonds is 6. The maximum Gasteiger partial charge on any atom is 0.254 e. The second-order valence-corrected chi connectivity index (χ2v) is 5.25. The largest absolute Gasteiger partial charge is 0.373 e. The van der Waals surface area contributed by atoms with Crippen LogP contribution >= 0.6 is 11.6 Å². The number of hydrogen-bond acceptors (Lipinski definition) is 4. The van der Waals surface area contributed by atoms with E-state index in [1.54, 1.807) is 24.1 Å². The number of aromatic nitrogens is 1. The molecule has 0 aliphatic rings. The molecule has 0 saturated heterocycles. The highest BCUT2D eigenvalue weighted by Gasteiger charge is 2.18. The molecule has 0 spiro atoms. The van der Waals surface area contributed by atoms with E-state index < -0.39 is 0 Å². The average Bonchev–Trinajstić information content (AvgIpc) is 2.41. The quantitative estimate of drug-likeness (QED) is 0.819. The zero-order valence-corrected chi connectivity index (χ0v) is 12.7. The van der Waals surface area contributed by atoms with Gasteiger partial charge in [0.25, 0.3) is 5.91 Å². The van der Waals surface area contributed by atoms with Crippen LogP contribution in [-0.2, 0) is 0 Å². The summed E-state index contributed by atoms with van der Waals surface area (Å²) in [5, 5.41) is 11.8. The Morgan fingerprint density at radius 1 is 1.55 bits per heavy atom. The summed E-state index contributed by atoms with van der Waals surface area (Å²) in [5.41, 5.74) is 0.480. The molecule has 0 fully saturated rings. The summed E-state index contributed by atoms with van der Waals surface area (Å²) in [6.45, 7) is 5.09. The van der Waals surface area contributed by atoms with E-state index in [4.69, 9.17) is 16.9 Å². The van der Waals surface area contributed by atoms with Crippen LogP contribution in [0, 0.1) is 17.2 Å². The molecule has 20 heavy (non-hydrogen) atoms. The van der Waals surface area contributed by atoms with Gasteiger partial charge >= 0.3 is 0 Å². The maximum absolute atomic E-state index is 12.5. The lowest BCUT2D eigenvalue weighted by Gasteiger charge is -2.24. The van der Waals surface area contributed by atoms with Crippen LogP contribution in [0.5, 0.6) is 0 Å². The standard InChI is InChI=1S/C14H19ClN4O/c1-10(2)9-19(6-4-5-16)14(20)11-7-12(15)18-13(8-11)17-3/h7-8,10H,4,6,9H2,1-3H3,(H,17,18). The summed E-state index contributed by atoms with van der Waals surface area (Å²) in [5.74, 6) is 0.749. The molecule has 1 amide bonds. The minimum absolute atomic E-state index is 0.130. The highest BCUT2D eigenvalue weighted by Crippen LogP contribution is 2.16. The van der Waals surface area contributed by atoms with Gasteiger partial charge in [-0.1, -0.05) is 25.4 Å². The number of amides is 1. The fraction of sp³-hybridized carbons (Fsp3) is 0.500. The number of nitrogens with one attached hydrogen (secondary N) is 1. The Morgan fingerprint density at radius 3 is 2.80 bits per heavy atom. The molecule has 108 valence electrons. The summed E-state index contributed by atoms with van der Waals surface area (Å²) < 4.78 is 0. The van der Waals surface area contributed by atoms with E-state index in [2.05, 4.69) is 16.4 Å². The van der Waals surface area contributed by atoms with Crippen molar-refractivity contribution in [1.29, 1.82) is 5.26 Å². The molecule has 0 atom stereocenters. The van der Waals surface area contributed by atoms with Crippen molar-refractivity contribution in [2.75, 3.05) is 25.5 Å². The van der Waals surface area contributed by atoms with Gasteiger partial charge in [-0.05, 0) is 18.1 Å². The fourth-order valence-electron chi connectivity index (χ4n) is 1.83. The number of nitriles is 1. The summed E-state index contributed by atoms with van der Waals surface area (Å²) in [6.07, 6.45) is 0.316. The molecule has 0 bridgehead atoms. The topological polar surface area (TPSA) is 69.0 Å². The van der Waals surface area contributed by atoms with Gasteiger partial charge < -0.3 is 10.2 Å². The molecule has 0 aromatic carbocycles. The molecular weight excluding hydrogens is 276 g/mol. The van der Waals surface area contributed by atoms with E-state index in [1.807, 2.05) is 13.8 Å². The van der Waals surface area contributed by atoms with Gasteiger partial charge in [0, 0.05) is 25.7 Å². The fourth-order valence-corrected chi connectivity index (χ4v) is 2.04. The summed E-state index contributed by atoms with van der Waals surface area (Å²) in [4.78, 5) is 18.2. The Bertz CT molecular complexity index is 510. The Hall–Kier alpha value is -1.80. The third-order valence-electron chi connectivity index (χ3n) is 2.66. The minimum Gasteiger partial charge on any atom is -0.373 e. The molecule has 1 aromatic rings. The van der Waals surface area contributed by atoms with E-state index in [9.17, 15) is 4.79 Å². The third kappa shape index (κ3) is 4.71. The highest BCUT2D eigenvalue weighted by molar-refractivity contribution is 6.29. The SMILES string of the molecule is CNc1cc(C(=O)N(CCC#N)CC(C)C)cc(Cl)n1. The molecule has 1 N–H and O–H groups in total. The minimum atomic E-state index is -0.130. The number of halogens is 1. The lowest BCUT2D eigenvalue weighted by molar-refractivity contribution is 0.0740. The first kappa shape index (κ1) is 16.3. The van der Waals surface area contributed by atoms with E-state index in [-0.39, 0.29) is 11.1 Å². The van der Waals surface area contributed by atoms with Crippen molar-refractivity contribution in [2.24, 2.45) is 5.92 Å². The summed E-state index contributed by atoms with van der Waals surface area (Å²) in [6, 6.07) is 5.27. The third-order valence-corrected chi connectivity index (χ3v) is 2.86. The van der Waals surface area contributed by atoms with Crippen LogP contribution in [0.4, 0.5) is 5.82 Å². The van der Waals surface area contributed by atoms with Gasteiger partial charge in [0.2, 0.25) is 0 Å². The van der Waals surface area contributed by atoms with Gasteiger partial charge in [-0.15, -0.1) is 0 Å². The van der Waals surface area contributed by atoms with Gasteiger partial charge in [0.15, 0.2) is 0 Å². The van der Waals surface area contributed by atoms with Gasteiger partial charge in [-0.3, -0.25) is 4.79 Å². The number of carbonyl (C=O) groups is 1. The van der Waals surface area contributed by atoms with E-state index >= 15 is 0 Å². The van der Waals surface area contributed by atoms with Crippen LogP contribution in [0.1, 0.15) is 30.6 Å². The normalized spacial score (nSPS) is 10.2. The Kier molecular flexibility index (Phi) is 6.26. The molecule has 0 unspecified atom stereocenters. The lowest BCUT2D eigenvalue weighted by atomic mass is 10.1. The van der Waals surface area contributed by atoms with E-state index in [0.717, 1.165) is 0 Å². The zero-order chi connectivity index (χ0) is 15.1. The van der Waals surface area contributed by atoms with Crippen molar-refractivity contribution in [3.8, 4) is 6.07 Å². The molecule has 1 rings (SSSR count). The Labute approximate surface area is 124 Å². The van der Waals surface area contributed by atoms with Crippen molar-refractivity contribution < 1.29 is 4.79 Å². The maximum atomic E-state index is 12.5. The smallest absolute Gasteiger partial charge is 0.254 e. The first-order valence-electron chi connectivity index (χ1n) is 6.49. The zero-order valence-electron chi connectivity index (χ0n) is 12.0. The Morgan fingerprint density at radius 2 is 2.25 bits per heavy atom. The second kappa shape index (κ2) is 7.71. The molecule has 0 aliphatic carbocycles. The number of hydrogen-bond donors (Lipinski definition) is 1. The predicted octanol–water partition coefficient (Wildman–Crippen LogP) is 2.79. The highest BCUT2D eigenvalue weighted by atomic mass is 35.5. The number of carbonyl (C=O) groups excluding carboxylic acids is 1. The van der Waals surface area contributed by atoms with Crippen molar-refractivity contribution in [1.82, 2.24) is 9.88 Å².